The van der Waals surface area contributed by atoms with E-state index in [1.807, 2.05) is 6.07 Å². The second-order valence-electron chi connectivity index (χ2n) is 7.40. The summed E-state index contributed by atoms with van der Waals surface area (Å²) in [5.74, 6) is -0.364. The van der Waals surface area contributed by atoms with Crippen LogP contribution in [0.4, 0.5) is 11.4 Å². The fraction of sp³-hybridized carbons (Fsp3) is 0.227. The smallest absolute Gasteiger partial charge is 0.257 e. The summed E-state index contributed by atoms with van der Waals surface area (Å²) >= 11 is 14.9. The second kappa shape index (κ2) is 10.7. The first-order chi connectivity index (χ1) is 15.8. The van der Waals surface area contributed by atoms with E-state index in [2.05, 4.69) is 10.0 Å². The van der Waals surface area contributed by atoms with E-state index in [1.54, 1.807) is 36.4 Å². The molecule has 0 spiro atoms. The largest absolute Gasteiger partial charge is 0.324 e. The Morgan fingerprint density at radius 1 is 0.970 bits per heavy atom. The Morgan fingerprint density at radius 3 is 2.36 bits per heavy atom. The van der Waals surface area contributed by atoms with Gasteiger partial charge in [0.15, 0.2) is 0 Å². The van der Waals surface area contributed by atoms with Crippen LogP contribution in [-0.4, -0.2) is 31.7 Å². The predicted octanol–water partition coefficient (Wildman–Crippen LogP) is 6.60. The number of thiophene rings is 1. The number of amides is 1. The fourth-order valence-corrected chi connectivity index (χ4v) is 7.10. The van der Waals surface area contributed by atoms with Crippen LogP contribution >= 0.6 is 46.5 Å². The first-order valence-electron chi connectivity index (χ1n) is 10.2. The minimum atomic E-state index is -3.52. The summed E-state index contributed by atoms with van der Waals surface area (Å²) < 4.78 is 32.0. The van der Waals surface area contributed by atoms with Crippen molar-refractivity contribution in [2.24, 2.45) is 0 Å². The van der Waals surface area contributed by atoms with E-state index < -0.39 is 10.0 Å². The van der Waals surface area contributed by atoms with Crippen molar-refractivity contribution in [2.75, 3.05) is 23.1 Å². The molecule has 0 aliphatic carbocycles. The van der Waals surface area contributed by atoms with Gasteiger partial charge < -0.3 is 10.0 Å². The molecular formula is C22H21Cl2N3O3S3. The first-order valence-corrected chi connectivity index (χ1v) is 14.1. The van der Waals surface area contributed by atoms with Crippen molar-refractivity contribution < 1.29 is 13.2 Å². The van der Waals surface area contributed by atoms with Crippen molar-refractivity contribution in [1.82, 2.24) is 4.31 Å². The topological polar surface area (TPSA) is 78.5 Å². The number of anilines is 2. The van der Waals surface area contributed by atoms with Crippen LogP contribution in [0.2, 0.25) is 9.36 Å². The maximum absolute atomic E-state index is 13.0. The van der Waals surface area contributed by atoms with E-state index in [1.165, 1.54) is 39.7 Å². The highest BCUT2D eigenvalue weighted by Crippen LogP contribution is 2.33. The molecule has 1 aliphatic heterocycles. The first kappa shape index (κ1) is 24.4. The molecule has 6 nitrogen and oxygen atoms in total. The molecule has 11 heteroatoms. The van der Waals surface area contributed by atoms with E-state index in [-0.39, 0.29) is 10.8 Å². The van der Waals surface area contributed by atoms with Crippen molar-refractivity contribution in [1.29, 1.82) is 0 Å². The number of nitrogens with zero attached hydrogens (tertiary/aromatic N) is 1. The van der Waals surface area contributed by atoms with Crippen LogP contribution in [-0.2, 0) is 10.0 Å². The van der Waals surface area contributed by atoms with Gasteiger partial charge in [0.2, 0.25) is 10.0 Å². The van der Waals surface area contributed by atoms with E-state index in [4.69, 9.17) is 23.2 Å². The molecule has 0 bridgehead atoms. The monoisotopic (exact) mass is 541 g/mol. The van der Waals surface area contributed by atoms with E-state index in [0.29, 0.717) is 39.4 Å². The average molecular weight is 543 g/mol. The van der Waals surface area contributed by atoms with Crippen molar-refractivity contribution in [3.63, 3.8) is 0 Å². The highest BCUT2D eigenvalue weighted by molar-refractivity contribution is 8.02. The number of benzene rings is 2. The second-order valence-corrected chi connectivity index (χ2v) is 12.6. The van der Waals surface area contributed by atoms with Gasteiger partial charge in [0.05, 0.1) is 24.7 Å². The molecule has 0 atom stereocenters. The highest BCUT2D eigenvalue weighted by Gasteiger charge is 2.25. The maximum Gasteiger partial charge on any atom is 0.257 e. The summed E-state index contributed by atoms with van der Waals surface area (Å²) in [5.41, 5.74) is 1.44. The Morgan fingerprint density at radius 2 is 1.70 bits per heavy atom. The highest BCUT2D eigenvalue weighted by atomic mass is 35.5. The molecule has 33 heavy (non-hydrogen) atoms. The van der Waals surface area contributed by atoms with Gasteiger partial charge in [0.25, 0.3) is 5.91 Å². The van der Waals surface area contributed by atoms with Crippen LogP contribution in [0.5, 0.6) is 0 Å². The minimum Gasteiger partial charge on any atom is -0.324 e. The number of carbonyl (C=O) groups excluding carboxylic acids is 1. The zero-order valence-electron chi connectivity index (χ0n) is 17.4. The zero-order valence-corrected chi connectivity index (χ0v) is 21.3. The Balaban J connectivity index is 1.47. The van der Waals surface area contributed by atoms with E-state index in [0.717, 1.165) is 23.5 Å². The van der Waals surface area contributed by atoms with Gasteiger partial charge in [-0.15, -0.1) is 11.3 Å². The van der Waals surface area contributed by atoms with Gasteiger partial charge >= 0.3 is 0 Å². The molecule has 0 saturated carbocycles. The molecule has 1 amide bonds. The average Bonchev–Trinajstić information content (AvgIpc) is 3.24. The quantitative estimate of drug-likeness (QED) is 0.329. The standard InChI is InChI=1S/C22H21Cl2N3O3S3/c23-15-4-9-19(26-32-21-11-10-20(24)31-21)18(14-15)22(28)25-16-5-7-17(8-6-16)33(29,30)27-12-2-1-3-13-27/h4-11,14,26H,1-3,12-13H2,(H,25,28). The number of sulfonamides is 1. The number of halogens is 2. The van der Waals surface area contributed by atoms with Crippen LogP contribution < -0.4 is 10.0 Å². The Hall–Kier alpha value is -1.75. The normalized spacial score (nSPS) is 14.7. The number of nitrogens with one attached hydrogen (secondary N) is 2. The molecular weight excluding hydrogens is 521 g/mol. The lowest BCUT2D eigenvalue weighted by atomic mass is 10.1. The molecule has 2 heterocycles. The van der Waals surface area contributed by atoms with E-state index >= 15 is 0 Å². The van der Waals surface area contributed by atoms with Crippen LogP contribution in [0.3, 0.4) is 0 Å². The maximum atomic E-state index is 13.0. The van der Waals surface area contributed by atoms with Crippen molar-refractivity contribution in [3.8, 4) is 0 Å². The number of rotatable bonds is 7. The summed E-state index contributed by atoms with van der Waals surface area (Å²) in [4.78, 5) is 13.2. The summed E-state index contributed by atoms with van der Waals surface area (Å²) in [5, 5.41) is 3.24. The molecule has 0 unspecified atom stereocenters. The lowest BCUT2D eigenvalue weighted by molar-refractivity contribution is 0.102. The van der Waals surface area contributed by atoms with Gasteiger partial charge in [-0.2, -0.15) is 4.31 Å². The van der Waals surface area contributed by atoms with Crippen LogP contribution in [0, 0.1) is 0 Å². The molecule has 2 aromatic carbocycles. The number of hydrogen-bond donors (Lipinski definition) is 2. The third-order valence-corrected chi connectivity index (χ3v) is 9.43. The number of carbonyl (C=O) groups is 1. The van der Waals surface area contributed by atoms with E-state index in [9.17, 15) is 13.2 Å². The van der Waals surface area contributed by atoms with Gasteiger partial charge in [-0.25, -0.2) is 8.42 Å². The molecule has 1 fully saturated rings. The van der Waals surface area contributed by atoms with Gasteiger partial charge in [0, 0.05) is 23.8 Å². The molecule has 1 aromatic heterocycles. The van der Waals surface area contributed by atoms with Crippen LogP contribution in [0.15, 0.2) is 63.7 Å². The van der Waals surface area contributed by atoms with Crippen molar-refractivity contribution >= 4 is 73.8 Å². The molecule has 1 aliphatic rings. The minimum absolute atomic E-state index is 0.221. The van der Waals surface area contributed by atoms with Gasteiger partial charge in [-0.05, 0) is 79.4 Å². The molecule has 174 valence electrons. The van der Waals surface area contributed by atoms with Gasteiger partial charge in [-0.1, -0.05) is 29.6 Å². The van der Waals surface area contributed by atoms with Gasteiger partial charge in [0.1, 0.15) is 0 Å². The zero-order chi connectivity index (χ0) is 23.4. The Labute approximate surface area is 211 Å². The van der Waals surface area contributed by atoms with Crippen molar-refractivity contribution in [2.45, 2.75) is 28.4 Å². The fourth-order valence-electron chi connectivity index (χ4n) is 3.41. The lowest BCUT2D eigenvalue weighted by Gasteiger charge is -2.25. The summed E-state index contributed by atoms with van der Waals surface area (Å²) in [7, 11) is -3.52. The molecule has 4 rings (SSSR count). The molecule has 1 saturated heterocycles. The summed E-state index contributed by atoms with van der Waals surface area (Å²) in [6.45, 7) is 1.09. The Kier molecular flexibility index (Phi) is 7.88. The van der Waals surface area contributed by atoms with Gasteiger partial charge in [-0.3, -0.25) is 4.79 Å². The summed E-state index contributed by atoms with van der Waals surface area (Å²) in [6, 6.07) is 14.9. The third-order valence-electron chi connectivity index (χ3n) is 5.10. The van der Waals surface area contributed by atoms with Crippen LogP contribution in [0.1, 0.15) is 29.6 Å². The number of hydrogen-bond acceptors (Lipinski definition) is 6. The third kappa shape index (κ3) is 6.03. The Bertz CT molecular complexity index is 1240. The van der Waals surface area contributed by atoms with Crippen LogP contribution in [0.25, 0.3) is 0 Å². The van der Waals surface area contributed by atoms with Crippen molar-refractivity contribution in [3.05, 3.63) is 69.5 Å². The SMILES string of the molecule is O=C(Nc1ccc(S(=O)(=O)N2CCCCC2)cc1)c1cc(Cl)ccc1NSc1ccc(Cl)s1. The molecule has 3 aromatic rings. The molecule has 2 N–H and O–H groups in total. The predicted molar refractivity (Wildman–Crippen MR) is 137 cm³/mol. The number of piperidine rings is 1. The summed E-state index contributed by atoms with van der Waals surface area (Å²) in [6.07, 6.45) is 2.80. The molecule has 0 radical (unpaired) electrons. The lowest BCUT2D eigenvalue weighted by Crippen LogP contribution is -2.35.